The summed E-state index contributed by atoms with van der Waals surface area (Å²) >= 11 is 0. The molecule has 2 N–H and O–H groups in total. The molecule has 0 aliphatic carbocycles. The fourth-order valence-electron chi connectivity index (χ4n) is 3.69. The fraction of sp³-hybridized carbons (Fsp3) is 0.526. The minimum atomic E-state index is 0.126. The standard InChI is InChI=1S/C19H28N4O/c1-14-18(15(2)23(21-14)10-11-24)13-20-12-16-8-9-22(3)19-7-5-4-6-17(16)19/h4-7,16,20,24H,8-13H2,1-3H3/t16-/m0/s1. The molecule has 5 nitrogen and oxygen atoms in total. The van der Waals surface area contributed by atoms with Crippen molar-refractivity contribution in [1.82, 2.24) is 15.1 Å². The normalized spacial score (nSPS) is 17.2. The number of nitrogens with one attached hydrogen (secondary N) is 1. The third kappa shape index (κ3) is 3.32. The van der Waals surface area contributed by atoms with Crippen molar-refractivity contribution < 1.29 is 5.11 Å². The van der Waals surface area contributed by atoms with Crippen LogP contribution in [0.5, 0.6) is 0 Å². The number of anilines is 1. The largest absolute Gasteiger partial charge is 0.394 e. The number of para-hydroxylation sites is 1. The molecule has 0 unspecified atom stereocenters. The molecule has 0 saturated heterocycles. The van der Waals surface area contributed by atoms with E-state index in [0.29, 0.717) is 12.5 Å². The van der Waals surface area contributed by atoms with Crippen LogP contribution in [0.1, 0.15) is 34.9 Å². The number of aliphatic hydroxyl groups excluding tert-OH is 1. The van der Waals surface area contributed by atoms with E-state index in [9.17, 15) is 0 Å². The van der Waals surface area contributed by atoms with E-state index in [1.54, 1.807) is 0 Å². The Hall–Kier alpha value is -1.85. The highest BCUT2D eigenvalue weighted by molar-refractivity contribution is 5.56. The van der Waals surface area contributed by atoms with Crippen molar-refractivity contribution in [2.24, 2.45) is 0 Å². The van der Waals surface area contributed by atoms with Gasteiger partial charge in [0.1, 0.15) is 0 Å². The summed E-state index contributed by atoms with van der Waals surface area (Å²) in [5.41, 5.74) is 6.27. The lowest BCUT2D eigenvalue weighted by Gasteiger charge is -2.33. The van der Waals surface area contributed by atoms with E-state index in [2.05, 4.69) is 53.6 Å². The number of rotatable bonds is 6. The lowest BCUT2D eigenvalue weighted by atomic mass is 9.90. The molecule has 0 amide bonds. The lowest BCUT2D eigenvalue weighted by Crippen LogP contribution is -2.32. The van der Waals surface area contributed by atoms with Gasteiger partial charge in [-0.1, -0.05) is 18.2 Å². The molecule has 0 spiro atoms. The van der Waals surface area contributed by atoms with E-state index in [0.717, 1.165) is 31.0 Å². The first kappa shape index (κ1) is 17.0. The van der Waals surface area contributed by atoms with Gasteiger partial charge in [-0.05, 0) is 31.9 Å². The first-order chi connectivity index (χ1) is 11.6. The van der Waals surface area contributed by atoms with Crippen LogP contribution in [0.15, 0.2) is 24.3 Å². The Morgan fingerprint density at radius 3 is 2.88 bits per heavy atom. The monoisotopic (exact) mass is 328 g/mol. The minimum Gasteiger partial charge on any atom is -0.394 e. The molecule has 0 bridgehead atoms. The van der Waals surface area contributed by atoms with Crippen LogP contribution >= 0.6 is 0 Å². The fourth-order valence-corrected chi connectivity index (χ4v) is 3.69. The molecule has 0 fully saturated rings. The summed E-state index contributed by atoms with van der Waals surface area (Å²) in [5, 5.41) is 17.3. The Balaban J connectivity index is 1.65. The number of aromatic nitrogens is 2. The summed E-state index contributed by atoms with van der Waals surface area (Å²) in [6, 6.07) is 8.73. The van der Waals surface area contributed by atoms with E-state index in [1.165, 1.54) is 23.2 Å². The number of hydrogen-bond donors (Lipinski definition) is 2. The highest BCUT2D eigenvalue weighted by atomic mass is 16.3. The van der Waals surface area contributed by atoms with Crippen molar-refractivity contribution in [3.8, 4) is 0 Å². The van der Waals surface area contributed by atoms with Crippen LogP contribution in [0.25, 0.3) is 0 Å². The summed E-state index contributed by atoms with van der Waals surface area (Å²) < 4.78 is 1.90. The van der Waals surface area contributed by atoms with Crippen molar-refractivity contribution >= 4 is 5.69 Å². The molecule has 0 radical (unpaired) electrons. The van der Waals surface area contributed by atoms with Crippen molar-refractivity contribution in [1.29, 1.82) is 0 Å². The molecule has 5 heteroatoms. The Labute approximate surface area is 144 Å². The highest BCUT2D eigenvalue weighted by Crippen LogP contribution is 2.33. The van der Waals surface area contributed by atoms with Crippen LogP contribution < -0.4 is 10.2 Å². The SMILES string of the molecule is Cc1nn(CCO)c(C)c1CNC[C@@H]1CCN(C)c2ccccc21. The van der Waals surface area contributed by atoms with Gasteiger partial charge >= 0.3 is 0 Å². The second-order valence-electron chi connectivity index (χ2n) is 6.69. The molecule has 1 aliphatic heterocycles. The van der Waals surface area contributed by atoms with Gasteiger partial charge in [-0.3, -0.25) is 4.68 Å². The lowest BCUT2D eigenvalue weighted by molar-refractivity contribution is 0.267. The predicted molar refractivity (Wildman–Crippen MR) is 97.6 cm³/mol. The van der Waals surface area contributed by atoms with Crippen LogP contribution in [0.4, 0.5) is 5.69 Å². The van der Waals surface area contributed by atoms with Crippen LogP contribution in [0.3, 0.4) is 0 Å². The zero-order valence-electron chi connectivity index (χ0n) is 14.9. The Morgan fingerprint density at radius 2 is 2.08 bits per heavy atom. The van der Waals surface area contributed by atoms with Gasteiger partial charge in [-0.25, -0.2) is 0 Å². The highest BCUT2D eigenvalue weighted by Gasteiger charge is 2.22. The van der Waals surface area contributed by atoms with Crippen LogP contribution in [-0.2, 0) is 13.1 Å². The average molecular weight is 328 g/mol. The third-order valence-electron chi connectivity index (χ3n) is 5.14. The third-order valence-corrected chi connectivity index (χ3v) is 5.14. The number of nitrogens with zero attached hydrogens (tertiary/aromatic N) is 3. The maximum atomic E-state index is 9.12. The van der Waals surface area contributed by atoms with Crippen LogP contribution in [-0.4, -0.2) is 41.6 Å². The Morgan fingerprint density at radius 1 is 1.29 bits per heavy atom. The summed E-state index contributed by atoms with van der Waals surface area (Å²) in [4.78, 5) is 2.35. The number of hydrogen-bond acceptors (Lipinski definition) is 4. The summed E-state index contributed by atoms with van der Waals surface area (Å²) in [5.74, 6) is 0.561. The van der Waals surface area contributed by atoms with Gasteiger partial charge < -0.3 is 15.3 Å². The van der Waals surface area contributed by atoms with Crippen LogP contribution in [0.2, 0.25) is 0 Å². The molecule has 24 heavy (non-hydrogen) atoms. The maximum Gasteiger partial charge on any atom is 0.0644 e. The van der Waals surface area contributed by atoms with Crippen LogP contribution in [0, 0.1) is 13.8 Å². The topological polar surface area (TPSA) is 53.3 Å². The van der Waals surface area contributed by atoms with Crippen molar-refractivity contribution in [2.75, 3.05) is 31.6 Å². The smallest absolute Gasteiger partial charge is 0.0644 e. The first-order valence-corrected chi connectivity index (χ1v) is 8.76. The number of benzene rings is 1. The van der Waals surface area contributed by atoms with Gasteiger partial charge in [-0.2, -0.15) is 5.10 Å². The molecule has 1 atom stereocenters. The van der Waals surface area contributed by atoms with Gasteiger partial charge in [0.2, 0.25) is 0 Å². The van der Waals surface area contributed by atoms with Gasteiger partial charge in [0.05, 0.1) is 18.8 Å². The molecule has 3 rings (SSSR count). The zero-order chi connectivity index (χ0) is 17.1. The second-order valence-corrected chi connectivity index (χ2v) is 6.69. The minimum absolute atomic E-state index is 0.126. The first-order valence-electron chi connectivity index (χ1n) is 8.76. The van der Waals surface area contributed by atoms with E-state index < -0.39 is 0 Å². The average Bonchev–Trinajstić information content (AvgIpc) is 2.85. The number of aliphatic hydroxyl groups is 1. The number of aryl methyl sites for hydroxylation is 1. The quantitative estimate of drug-likeness (QED) is 0.854. The molecule has 2 aromatic rings. The van der Waals surface area contributed by atoms with E-state index in [4.69, 9.17) is 5.11 Å². The molecule has 0 saturated carbocycles. The molecular formula is C19H28N4O. The van der Waals surface area contributed by atoms with E-state index in [1.807, 2.05) is 11.6 Å². The van der Waals surface area contributed by atoms with Crippen molar-refractivity contribution in [3.05, 3.63) is 46.8 Å². The maximum absolute atomic E-state index is 9.12. The predicted octanol–water partition coefficient (Wildman–Crippen LogP) is 2.21. The van der Waals surface area contributed by atoms with Gasteiger partial charge in [0.15, 0.2) is 0 Å². The molecule has 130 valence electrons. The van der Waals surface area contributed by atoms with E-state index in [-0.39, 0.29) is 6.61 Å². The molecule has 1 aromatic heterocycles. The molecule has 2 heterocycles. The van der Waals surface area contributed by atoms with Gasteiger partial charge in [0.25, 0.3) is 0 Å². The second kappa shape index (κ2) is 7.36. The molecule has 1 aliphatic rings. The zero-order valence-corrected chi connectivity index (χ0v) is 14.9. The summed E-state index contributed by atoms with van der Waals surface area (Å²) in [6.45, 7) is 7.73. The summed E-state index contributed by atoms with van der Waals surface area (Å²) in [6.07, 6.45) is 1.18. The summed E-state index contributed by atoms with van der Waals surface area (Å²) in [7, 11) is 2.17. The Bertz CT molecular complexity index is 695. The Kier molecular flexibility index (Phi) is 5.21. The molecule has 1 aromatic carbocycles. The number of fused-ring (bicyclic) bond motifs is 1. The molecular weight excluding hydrogens is 300 g/mol. The van der Waals surface area contributed by atoms with E-state index >= 15 is 0 Å². The van der Waals surface area contributed by atoms with Gasteiger partial charge in [-0.15, -0.1) is 0 Å². The van der Waals surface area contributed by atoms with Gasteiger partial charge in [0, 0.05) is 49.5 Å². The van der Waals surface area contributed by atoms with Crippen molar-refractivity contribution in [2.45, 2.75) is 39.3 Å². The van der Waals surface area contributed by atoms with Crippen molar-refractivity contribution in [3.63, 3.8) is 0 Å².